The van der Waals surface area contributed by atoms with Gasteiger partial charge < -0.3 is 10.6 Å². The molecule has 0 bridgehead atoms. The summed E-state index contributed by atoms with van der Waals surface area (Å²) in [5.74, 6) is 0.0274. The van der Waals surface area contributed by atoms with Crippen molar-refractivity contribution in [1.29, 1.82) is 0 Å². The van der Waals surface area contributed by atoms with Crippen LogP contribution >= 0.6 is 24.0 Å². The molecule has 4 nitrogen and oxygen atoms in total. The number of carbonyl (C=O) groups is 1. The minimum absolute atomic E-state index is 0. The Morgan fingerprint density at radius 3 is 2.91 bits per heavy atom. The Hall–Kier alpha value is -1.62. The molecule has 1 atom stereocenters. The molecule has 1 aromatic heterocycles. The number of hydrogen-bond acceptors (Lipinski definition) is 3. The predicted molar refractivity (Wildman–Crippen MR) is 93.8 cm³/mol. The van der Waals surface area contributed by atoms with Gasteiger partial charge in [0, 0.05) is 29.9 Å². The molecule has 1 unspecified atom stereocenters. The van der Waals surface area contributed by atoms with Gasteiger partial charge in [-0.2, -0.15) is 0 Å². The number of carbonyl (C=O) groups excluding carboxylic acids is 1. The average Bonchev–Trinajstić information content (AvgIpc) is 3.04. The number of aromatic nitrogens is 1. The highest BCUT2D eigenvalue weighted by molar-refractivity contribution is 6.30. The molecule has 6 heteroatoms. The van der Waals surface area contributed by atoms with Gasteiger partial charge in [-0.3, -0.25) is 9.78 Å². The van der Waals surface area contributed by atoms with Crippen molar-refractivity contribution in [3.05, 3.63) is 64.4 Å². The highest BCUT2D eigenvalue weighted by Gasteiger charge is 2.30. The van der Waals surface area contributed by atoms with E-state index in [0.717, 1.165) is 30.6 Å². The molecule has 3 rings (SSSR count). The number of pyridine rings is 1. The molecule has 0 spiro atoms. The van der Waals surface area contributed by atoms with Gasteiger partial charge in [0.25, 0.3) is 5.91 Å². The summed E-state index contributed by atoms with van der Waals surface area (Å²) >= 11 is 6.08. The Balaban J connectivity index is 0.00000192. The van der Waals surface area contributed by atoms with Gasteiger partial charge in [-0.15, -0.1) is 12.4 Å². The summed E-state index contributed by atoms with van der Waals surface area (Å²) in [4.78, 5) is 18.9. The third kappa shape index (κ3) is 3.83. The molecule has 1 saturated heterocycles. The van der Waals surface area contributed by atoms with Gasteiger partial charge in [0.1, 0.15) is 0 Å². The first kappa shape index (κ1) is 17.7. The van der Waals surface area contributed by atoms with Gasteiger partial charge in [-0.1, -0.05) is 23.7 Å². The lowest BCUT2D eigenvalue weighted by Crippen LogP contribution is -2.30. The zero-order valence-corrected chi connectivity index (χ0v) is 14.2. The van der Waals surface area contributed by atoms with Crippen LogP contribution in [0.2, 0.25) is 5.02 Å². The van der Waals surface area contributed by atoms with Crippen molar-refractivity contribution in [3.63, 3.8) is 0 Å². The van der Waals surface area contributed by atoms with E-state index in [2.05, 4.69) is 4.98 Å². The molecule has 0 radical (unpaired) electrons. The largest absolute Gasteiger partial charge is 0.332 e. The molecule has 2 aromatic rings. The Kier molecular flexibility index (Phi) is 5.99. The lowest BCUT2D eigenvalue weighted by molar-refractivity contribution is 0.0735. The van der Waals surface area contributed by atoms with E-state index in [4.69, 9.17) is 17.3 Å². The second-order valence-electron chi connectivity index (χ2n) is 5.45. The number of benzene rings is 1. The van der Waals surface area contributed by atoms with Crippen LogP contribution in [0.5, 0.6) is 0 Å². The van der Waals surface area contributed by atoms with Crippen LogP contribution in [-0.2, 0) is 6.54 Å². The van der Waals surface area contributed by atoms with Crippen LogP contribution in [0.15, 0.2) is 42.6 Å². The fourth-order valence-corrected chi connectivity index (χ4v) is 3.16. The molecule has 2 heterocycles. The molecule has 1 fully saturated rings. The Morgan fingerprint density at radius 2 is 2.17 bits per heavy atom. The van der Waals surface area contributed by atoms with Crippen LogP contribution in [0.25, 0.3) is 0 Å². The van der Waals surface area contributed by atoms with Gasteiger partial charge in [0.15, 0.2) is 0 Å². The van der Waals surface area contributed by atoms with Gasteiger partial charge >= 0.3 is 0 Å². The van der Waals surface area contributed by atoms with E-state index in [0.29, 0.717) is 17.1 Å². The number of likely N-dealkylation sites (tertiary alicyclic amines) is 1. The monoisotopic (exact) mass is 351 g/mol. The number of halogens is 2. The summed E-state index contributed by atoms with van der Waals surface area (Å²) < 4.78 is 0. The predicted octanol–water partition coefficient (Wildman–Crippen LogP) is 3.59. The molecule has 0 aliphatic carbocycles. The maximum absolute atomic E-state index is 12.8. The zero-order valence-electron chi connectivity index (χ0n) is 12.6. The first-order valence-electron chi connectivity index (χ1n) is 7.40. The fourth-order valence-electron chi connectivity index (χ4n) is 2.96. The summed E-state index contributed by atoms with van der Waals surface area (Å²) in [6.45, 7) is 1.09. The van der Waals surface area contributed by atoms with E-state index < -0.39 is 0 Å². The number of hydrogen-bond donors (Lipinski definition) is 1. The van der Waals surface area contributed by atoms with Crippen molar-refractivity contribution in [3.8, 4) is 0 Å². The van der Waals surface area contributed by atoms with E-state index in [1.165, 1.54) is 0 Å². The van der Waals surface area contributed by atoms with Crippen LogP contribution in [-0.4, -0.2) is 22.3 Å². The summed E-state index contributed by atoms with van der Waals surface area (Å²) in [5.41, 5.74) is 8.06. The second kappa shape index (κ2) is 7.77. The van der Waals surface area contributed by atoms with Crippen LogP contribution < -0.4 is 5.73 Å². The topological polar surface area (TPSA) is 59.2 Å². The molecular formula is C17H19Cl2N3O. The third-order valence-corrected chi connectivity index (χ3v) is 4.25. The van der Waals surface area contributed by atoms with Crippen LogP contribution in [0.1, 0.15) is 40.5 Å². The summed E-state index contributed by atoms with van der Waals surface area (Å²) in [5, 5.41) is 0.700. The summed E-state index contributed by atoms with van der Waals surface area (Å²) in [6, 6.07) is 11.3. The number of amides is 1. The molecular weight excluding hydrogens is 333 g/mol. The van der Waals surface area contributed by atoms with Crippen molar-refractivity contribution < 1.29 is 4.79 Å². The van der Waals surface area contributed by atoms with Crippen molar-refractivity contribution >= 4 is 29.9 Å². The molecule has 1 aliphatic rings. The fraction of sp³-hybridized carbons (Fsp3) is 0.294. The van der Waals surface area contributed by atoms with Crippen molar-refractivity contribution in [2.24, 2.45) is 5.73 Å². The lowest BCUT2D eigenvalue weighted by atomic mass is 10.0. The minimum atomic E-state index is 0. The molecule has 1 aliphatic heterocycles. The van der Waals surface area contributed by atoms with Crippen LogP contribution in [0.4, 0.5) is 0 Å². The second-order valence-corrected chi connectivity index (χ2v) is 5.89. The molecule has 122 valence electrons. The number of rotatable bonds is 3. The molecule has 23 heavy (non-hydrogen) atoms. The smallest absolute Gasteiger partial charge is 0.254 e. The quantitative estimate of drug-likeness (QED) is 0.918. The van der Waals surface area contributed by atoms with E-state index in [1.54, 1.807) is 18.3 Å². The maximum atomic E-state index is 12.8. The van der Waals surface area contributed by atoms with Gasteiger partial charge in [-0.05, 0) is 42.7 Å². The SMILES string of the molecule is Cl.NCc1cc(C(=O)N2CCCC2c2cccc(Cl)c2)ccn1. The molecule has 1 aromatic carbocycles. The Morgan fingerprint density at radius 1 is 1.35 bits per heavy atom. The summed E-state index contributed by atoms with van der Waals surface area (Å²) in [6.07, 6.45) is 3.60. The normalized spacial score (nSPS) is 17.0. The lowest BCUT2D eigenvalue weighted by Gasteiger charge is -2.25. The molecule has 0 saturated carbocycles. The Bertz CT molecular complexity index is 693. The van der Waals surface area contributed by atoms with E-state index in [1.807, 2.05) is 29.2 Å². The first-order chi connectivity index (χ1) is 10.7. The van der Waals surface area contributed by atoms with E-state index in [9.17, 15) is 4.79 Å². The van der Waals surface area contributed by atoms with Gasteiger partial charge in [-0.25, -0.2) is 0 Å². The number of nitrogens with zero attached hydrogens (tertiary/aromatic N) is 2. The van der Waals surface area contributed by atoms with Crippen LogP contribution in [0, 0.1) is 0 Å². The van der Waals surface area contributed by atoms with Gasteiger partial charge in [0.05, 0.1) is 11.7 Å². The van der Waals surface area contributed by atoms with E-state index >= 15 is 0 Å². The maximum Gasteiger partial charge on any atom is 0.254 e. The highest BCUT2D eigenvalue weighted by atomic mass is 35.5. The third-order valence-electron chi connectivity index (χ3n) is 4.02. The Labute approximate surface area is 147 Å². The summed E-state index contributed by atoms with van der Waals surface area (Å²) in [7, 11) is 0. The molecule has 1 amide bonds. The van der Waals surface area contributed by atoms with Crippen molar-refractivity contribution in [2.45, 2.75) is 25.4 Å². The molecule has 2 N–H and O–H groups in total. The van der Waals surface area contributed by atoms with Crippen LogP contribution in [0.3, 0.4) is 0 Å². The minimum Gasteiger partial charge on any atom is -0.332 e. The van der Waals surface area contributed by atoms with Crippen molar-refractivity contribution in [2.75, 3.05) is 6.54 Å². The van der Waals surface area contributed by atoms with Crippen molar-refractivity contribution in [1.82, 2.24) is 9.88 Å². The first-order valence-corrected chi connectivity index (χ1v) is 7.78. The standard InChI is InChI=1S/C17H18ClN3O.ClH/c18-14-4-1-3-12(9-14)16-5-2-8-21(16)17(22)13-6-7-20-15(10-13)11-19;/h1,3-4,6-7,9-10,16H,2,5,8,11,19H2;1H. The average molecular weight is 352 g/mol. The highest BCUT2D eigenvalue weighted by Crippen LogP contribution is 2.34. The van der Waals surface area contributed by atoms with E-state index in [-0.39, 0.29) is 24.4 Å². The number of nitrogens with two attached hydrogens (primary N) is 1. The zero-order chi connectivity index (χ0) is 15.5. The van der Waals surface area contributed by atoms with Gasteiger partial charge in [0.2, 0.25) is 0 Å².